The average Bonchev–Trinajstić information content (AvgIpc) is 3.81. The maximum Gasteiger partial charge on any atom is 0.434 e. The van der Waals surface area contributed by atoms with Crippen LogP contribution in [0.25, 0.3) is 22.3 Å². The first kappa shape index (κ1) is 41.7. The van der Waals surface area contributed by atoms with Crippen molar-refractivity contribution in [3.8, 4) is 22.3 Å². The Kier molecular flexibility index (Phi) is 13.9. The third kappa shape index (κ3) is 10.4. The number of carbonyl (C=O) groups is 4. The lowest BCUT2D eigenvalue weighted by molar-refractivity contribution is -0.116. The van der Waals surface area contributed by atoms with Crippen LogP contribution < -0.4 is 15.3 Å². The quantitative estimate of drug-likeness (QED) is 0.113. The van der Waals surface area contributed by atoms with Gasteiger partial charge in [-0.15, -0.1) is 0 Å². The molecule has 2 aliphatic heterocycles. The van der Waals surface area contributed by atoms with Gasteiger partial charge in [-0.2, -0.15) is 10.0 Å². The number of piperidine rings is 1. The summed E-state index contributed by atoms with van der Waals surface area (Å²) in [7, 11) is 1.77. The van der Waals surface area contributed by atoms with Crippen LogP contribution in [0.1, 0.15) is 42.5 Å². The summed E-state index contributed by atoms with van der Waals surface area (Å²) in [4.78, 5) is 60.2. The van der Waals surface area contributed by atoms with Crippen LogP contribution in [0.5, 0.6) is 0 Å². The van der Waals surface area contributed by atoms with E-state index >= 15 is 0 Å². The van der Waals surface area contributed by atoms with Crippen molar-refractivity contribution in [1.82, 2.24) is 14.7 Å². The van der Waals surface area contributed by atoms with Gasteiger partial charge >= 0.3 is 12.2 Å². The number of ether oxygens (including phenoxy) is 1. The molecule has 12 heteroatoms. The molecule has 0 saturated carbocycles. The van der Waals surface area contributed by atoms with Gasteiger partial charge in [0.2, 0.25) is 5.91 Å². The summed E-state index contributed by atoms with van der Waals surface area (Å²) in [6.45, 7) is 5.17. The Balaban J connectivity index is 1.01. The number of carboxylic acid groups (broad SMARTS) is 1. The van der Waals surface area contributed by atoms with Crippen LogP contribution >= 0.6 is 0 Å². The van der Waals surface area contributed by atoms with Gasteiger partial charge in [-0.3, -0.25) is 9.59 Å². The van der Waals surface area contributed by atoms with Gasteiger partial charge in [-0.05, 0) is 80.2 Å². The van der Waals surface area contributed by atoms with Crippen LogP contribution in [-0.2, 0) is 9.53 Å². The van der Waals surface area contributed by atoms with Crippen LogP contribution in [0.2, 0.25) is 0 Å². The number of para-hydroxylation sites is 2. The molecule has 0 radical (unpaired) electrons. The van der Waals surface area contributed by atoms with E-state index in [0.29, 0.717) is 79.2 Å². The van der Waals surface area contributed by atoms with Gasteiger partial charge in [0, 0.05) is 68.6 Å². The van der Waals surface area contributed by atoms with Crippen molar-refractivity contribution in [1.29, 1.82) is 0 Å². The highest BCUT2D eigenvalue weighted by atomic mass is 16.6. The summed E-state index contributed by atoms with van der Waals surface area (Å²) < 4.78 is 6.21. The minimum atomic E-state index is -1.35. The average molecular weight is 809 g/mol. The number of nitrogens with zero attached hydrogens (tertiary/aromatic N) is 5. The van der Waals surface area contributed by atoms with Crippen LogP contribution in [0.15, 0.2) is 133 Å². The standard InChI is InChI=1S/C48H52N6O6/c1-50(46(56)38-19-14-20-39(35-38)49-45(55)27-32-51-28-12-13-29-51)33-34-52-30-25-40(26-31-52)60-48(59)54(44-24-11-9-22-42(44)37-17-6-3-7-18-37)53(47(57)58)43-23-10-8-21-41(43)36-15-4-2-5-16-36/h2-11,14-24,35,40H,12-13,25-34H2,1H3,(H,49,55)(H,57,58). The maximum atomic E-state index is 14.6. The Morgan fingerprint density at radius 1 is 0.667 bits per heavy atom. The van der Waals surface area contributed by atoms with Crippen molar-refractivity contribution in [3.05, 3.63) is 139 Å². The fraction of sp³-hybridized carbons (Fsp3) is 0.292. The Morgan fingerprint density at radius 2 is 1.22 bits per heavy atom. The smallest absolute Gasteiger partial charge is 0.434 e. The van der Waals surface area contributed by atoms with Crippen LogP contribution in [-0.4, -0.2) is 103 Å². The SMILES string of the molecule is CN(CCN1CCC(OC(=O)N(c2ccccc2-c2ccccc2)N(C(=O)O)c2ccccc2-c2ccccc2)CC1)C(=O)c1cccc(NC(=O)CCN2CCCC2)c1. The predicted octanol–water partition coefficient (Wildman–Crippen LogP) is 8.72. The van der Waals surface area contributed by atoms with Crippen molar-refractivity contribution in [2.24, 2.45) is 0 Å². The van der Waals surface area contributed by atoms with E-state index in [1.165, 1.54) is 12.8 Å². The van der Waals surface area contributed by atoms with Gasteiger partial charge in [0.05, 0.1) is 11.4 Å². The number of hydrogen-bond acceptors (Lipinski definition) is 7. The van der Waals surface area contributed by atoms with E-state index in [1.807, 2.05) is 84.9 Å². The normalized spacial score (nSPS) is 14.6. The number of carbonyl (C=O) groups excluding carboxylic acids is 3. The molecular formula is C48H52N6O6. The highest BCUT2D eigenvalue weighted by Gasteiger charge is 2.36. The number of likely N-dealkylation sites (N-methyl/N-ethyl adjacent to an activating group) is 1. The van der Waals surface area contributed by atoms with Gasteiger partial charge in [0.25, 0.3) is 5.91 Å². The monoisotopic (exact) mass is 808 g/mol. The first-order valence-corrected chi connectivity index (χ1v) is 20.7. The van der Waals surface area contributed by atoms with E-state index in [0.717, 1.165) is 40.8 Å². The minimum absolute atomic E-state index is 0.0637. The Labute approximate surface area is 351 Å². The van der Waals surface area contributed by atoms with Crippen molar-refractivity contribution in [2.45, 2.75) is 38.2 Å². The van der Waals surface area contributed by atoms with Crippen molar-refractivity contribution in [2.75, 3.05) is 68.2 Å². The summed E-state index contributed by atoms with van der Waals surface area (Å²) in [5.74, 6) is -0.203. The molecule has 0 unspecified atom stereocenters. The molecule has 7 rings (SSSR count). The van der Waals surface area contributed by atoms with E-state index in [4.69, 9.17) is 4.74 Å². The Morgan fingerprint density at radius 3 is 1.82 bits per heavy atom. The number of benzene rings is 5. The molecule has 310 valence electrons. The van der Waals surface area contributed by atoms with E-state index in [-0.39, 0.29) is 11.8 Å². The first-order chi connectivity index (χ1) is 29.2. The van der Waals surface area contributed by atoms with Gasteiger partial charge in [-0.25, -0.2) is 9.59 Å². The number of likely N-dealkylation sites (tertiary alicyclic amines) is 2. The molecule has 12 nitrogen and oxygen atoms in total. The molecule has 60 heavy (non-hydrogen) atoms. The zero-order valence-corrected chi connectivity index (χ0v) is 34.0. The first-order valence-electron chi connectivity index (χ1n) is 20.7. The summed E-state index contributed by atoms with van der Waals surface area (Å²) in [5.41, 5.74) is 4.67. The topological polar surface area (TPSA) is 126 Å². The fourth-order valence-corrected chi connectivity index (χ4v) is 7.90. The molecule has 0 aliphatic carbocycles. The van der Waals surface area contributed by atoms with Crippen molar-refractivity contribution in [3.63, 3.8) is 0 Å². The second-order valence-electron chi connectivity index (χ2n) is 15.3. The molecule has 2 fully saturated rings. The predicted molar refractivity (Wildman–Crippen MR) is 235 cm³/mol. The largest absolute Gasteiger partial charge is 0.463 e. The van der Waals surface area contributed by atoms with E-state index in [2.05, 4.69) is 15.1 Å². The number of nitrogens with one attached hydrogen (secondary N) is 1. The highest BCUT2D eigenvalue weighted by molar-refractivity contribution is 6.06. The number of anilines is 3. The molecule has 2 aliphatic rings. The number of hydrogen-bond donors (Lipinski definition) is 2. The molecule has 0 aromatic heterocycles. The van der Waals surface area contributed by atoms with Gasteiger partial charge in [0.15, 0.2) is 0 Å². The molecule has 0 spiro atoms. The van der Waals surface area contributed by atoms with Crippen LogP contribution in [0.3, 0.4) is 0 Å². The second-order valence-corrected chi connectivity index (χ2v) is 15.3. The van der Waals surface area contributed by atoms with Gasteiger partial charge in [-0.1, -0.05) is 103 Å². The third-order valence-electron chi connectivity index (χ3n) is 11.1. The molecule has 2 saturated heterocycles. The van der Waals surface area contributed by atoms with E-state index in [1.54, 1.807) is 60.5 Å². The lowest BCUT2D eigenvalue weighted by Crippen LogP contribution is -2.52. The van der Waals surface area contributed by atoms with Gasteiger partial charge < -0.3 is 29.9 Å². The summed E-state index contributed by atoms with van der Waals surface area (Å²) >= 11 is 0. The second kappa shape index (κ2) is 20.0. The molecule has 4 amide bonds. The maximum absolute atomic E-state index is 14.6. The van der Waals surface area contributed by atoms with Gasteiger partial charge in [0.1, 0.15) is 6.10 Å². The molecule has 5 aromatic carbocycles. The third-order valence-corrected chi connectivity index (χ3v) is 11.1. The van der Waals surface area contributed by atoms with Crippen LogP contribution in [0, 0.1) is 0 Å². The number of amides is 4. The zero-order chi connectivity index (χ0) is 41.8. The molecule has 0 bridgehead atoms. The number of hydrazine groups is 1. The van der Waals surface area contributed by atoms with E-state index < -0.39 is 18.3 Å². The fourth-order valence-electron chi connectivity index (χ4n) is 7.90. The summed E-state index contributed by atoms with van der Waals surface area (Å²) in [5, 5.41) is 16.0. The number of rotatable bonds is 13. The highest BCUT2D eigenvalue weighted by Crippen LogP contribution is 2.38. The van der Waals surface area contributed by atoms with Crippen molar-refractivity contribution < 1.29 is 29.0 Å². The molecule has 5 aromatic rings. The zero-order valence-electron chi connectivity index (χ0n) is 34.0. The summed E-state index contributed by atoms with van der Waals surface area (Å²) in [6, 6.07) is 40.4. The van der Waals surface area contributed by atoms with Crippen LogP contribution in [0.4, 0.5) is 26.7 Å². The Hall–Kier alpha value is -6.50. The molecule has 0 atom stereocenters. The lowest BCUT2D eigenvalue weighted by atomic mass is 10.0. The van der Waals surface area contributed by atoms with Crippen molar-refractivity contribution >= 4 is 41.1 Å². The molecular weight excluding hydrogens is 757 g/mol. The summed E-state index contributed by atoms with van der Waals surface area (Å²) in [6.07, 6.45) is 1.22. The minimum Gasteiger partial charge on any atom is -0.463 e. The molecule has 2 N–H and O–H groups in total. The Bertz CT molecular complexity index is 2240. The molecule has 2 heterocycles. The lowest BCUT2D eigenvalue weighted by Gasteiger charge is -2.37. The van der Waals surface area contributed by atoms with E-state index in [9.17, 15) is 24.3 Å².